The Morgan fingerprint density at radius 2 is 1.83 bits per heavy atom. The second kappa shape index (κ2) is 8.90. The van der Waals surface area contributed by atoms with E-state index in [0.717, 1.165) is 30.0 Å². The number of aryl methyl sites for hydroxylation is 1. The van der Waals surface area contributed by atoms with Gasteiger partial charge in [0.1, 0.15) is 5.82 Å². The number of carbonyl (C=O) groups excluding carboxylic acids is 1. The number of para-hydroxylation sites is 2. The van der Waals surface area contributed by atoms with Gasteiger partial charge in [0.2, 0.25) is 5.91 Å². The molecule has 0 spiro atoms. The van der Waals surface area contributed by atoms with E-state index in [2.05, 4.69) is 21.3 Å². The number of rotatable bonds is 6. The van der Waals surface area contributed by atoms with Gasteiger partial charge in [-0.2, -0.15) is 0 Å². The minimum atomic E-state index is -0.296. The first-order valence-corrected chi connectivity index (χ1v) is 10.0. The van der Waals surface area contributed by atoms with Crippen LogP contribution in [0.4, 0.5) is 15.8 Å². The maximum Gasteiger partial charge on any atom is 0.224 e. The number of halogens is 1. The van der Waals surface area contributed by atoms with Crippen molar-refractivity contribution >= 4 is 17.3 Å². The molecule has 6 heteroatoms. The number of piperidine rings is 1. The molecule has 0 aliphatic carbocycles. The summed E-state index contributed by atoms with van der Waals surface area (Å²) in [5, 5.41) is 3.03. The number of oxazole rings is 1. The minimum Gasteiger partial charge on any atom is -0.441 e. The first-order valence-electron chi connectivity index (χ1n) is 10.0. The van der Waals surface area contributed by atoms with Crippen LogP contribution < -0.4 is 10.2 Å². The Labute approximate surface area is 169 Å². The monoisotopic (exact) mass is 393 g/mol. The second-order valence-corrected chi connectivity index (χ2v) is 7.24. The molecular formula is C23H24FN3O2. The number of nitrogens with zero attached hydrogens (tertiary/aromatic N) is 2. The van der Waals surface area contributed by atoms with Crippen molar-refractivity contribution < 1.29 is 13.6 Å². The van der Waals surface area contributed by atoms with E-state index in [1.807, 2.05) is 18.2 Å². The molecule has 3 aromatic rings. The zero-order valence-electron chi connectivity index (χ0n) is 16.2. The Morgan fingerprint density at radius 1 is 1.07 bits per heavy atom. The zero-order valence-corrected chi connectivity index (χ0v) is 16.2. The standard InChI is InChI=1S/C23H24FN3O2/c24-18-10-8-17(9-11-18)21-16-25-23(29-21)13-12-22(28)26-19-6-2-3-7-20(19)27-14-4-1-5-15-27/h2-3,6-11,16H,1,4-5,12-15H2,(H,26,28). The minimum absolute atomic E-state index is 0.0732. The summed E-state index contributed by atoms with van der Waals surface area (Å²) in [5.74, 6) is 0.686. The van der Waals surface area contributed by atoms with Crippen LogP contribution in [-0.4, -0.2) is 24.0 Å². The summed E-state index contributed by atoms with van der Waals surface area (Å²) >= 11 is 0. The largest absolute Gasteiger partial charge is 0.441 e. The van der Waals surface area contributed by atoms with E-state index in [-0.39, 0.29) is 18.1 Å². The molecule has 1 aliphatic rings. The van der Waals surface area contributed by atoms with Crippen LogP contribution >= 0.6 is 0 Å². The maximum absolute atomic E-state index is 13.0. The number of nitrogens with one attached hydrogen (secondary N) is 1. The smallest absolute Gasteiger partial charge is 0.224 e. The number of aromatic nitrogens is 1. The molecule has 1 saturated heterocycles. The first-order chi connectivity index (χ1) is 14.2. The van der Waals surface area contributed by atoms with Gasteiger partial charge in [0.25, 0.3) is 0 Å². The molecule has 2 heterocycles. The normalized spacial score (nSPS) is 14.0. The van der Waals surface area contributed by atoms with Crippen molar-refractivity contribution in [2.45, 2.75) is 32.1 Å². The topological polar surface area (TPSA) is 58.4 Å². The van der Waals surface area contributed by atoms with E-state index in [1.165, 1.54) is 31.4 Å². The van der Waals surface area contributed by atoms with Crippen LogP contribution in [0.15, 0.2) is 59.1 Å². The molecule has 0 radical (unpaired) electrons. The highest BCUT2D eigenvalue weighted by atomic mass is 19.1. The molecule has 0 saturated carbocycles. The molecule has 5 nitrogen and oxygen atoms in total. The summed E-state index contributed by atoms with van der Waals surface area (Å²) in [7, 11) is 0. The van der Waals surface area contributed by atoms with Crippen LogP contribution in [0, 0.1) is 5.82 Å². The summed E-state index contributed by atoms with van der Waals surface area (Å²) in [4.78, 5) is 19.1. The average Bonchev–Trinajstić information content (AvgIpc) is 3.23. The van der Waals surface area contributed by atoms with Crippen molar-refractivity contribution in [1.29, 1.82) is 0 Å². The number of hydrogen-bond donors (Lipinski definition) is 1. The Bertz CT molecular complexity index is 962. The molecule has 0 atom stereocenters. The molecule has 0 bridgehead atoms. The lowest BCUT2D eigenvalue weighted by Crippen LogP contribution is -2.30. The first kappa shape index (κ1) is 19.2. The maximum atomic E-state index is 13.0. The van der Waals surface area contributed by atoms with E-state index in [1.54, 1.807) is 18.3 Å². The van der Waals surface area contributed by atoms with E-state index in [0.29, 0.717) is 18.1 Å². The molecule has 1 aliphatic heterocycles. The molecule has 150 valence electrons. The lowest BCUT2D eigenvalue weighted by molar-refractivity contribution is -0.116. The number of hydrogen-bond acceptors (Lipinski definition) is 4. The fourth-order valence-corrected chi connectivity index (χ4v) is 3.60. The molecule has 1 fully saturated rings. The lowest BCUT2D eigenvalue weighted by Gasteiger charge is -2.30. The Kier molecular flexibility index (Phi) is 5.89. The molecule has 0 unspecified atom stereocenters. The fourth-order valence-electron chi connectivity index (χ4n) is 3.60. The van der Waals surface area contributed by atoms with E-state index in [9.17, 15) is 9.18 Å². The van der Waals surface area contributed by atoms with Crippen molar-refractivity contribution in [1.82, 2.24) is 4.98 Å². The van der Waals surface area contributed by atoms with Crippen molar-refractivity contribution in [2.24, 2.45) is 0 Å². The number of amides is 1. The number of carbonyl (C=O) groups is 1. The quantitative estimate of drug-likeness (QED) is 0.637. The van der Waals surface area contributed by atoms with Gasteiger partial charge in [-0.3, -0.25) is 4.79 Å². The summed E-state index contributed by atoms with van der Waals surface area (Å²) in [6.07, 6.45) is 5.91. The number of anilines is 2. The summed E-state index contributed by atoms with van der Waals surface area (Å²) in [6, 6.07) is 14.0. The van der Waals surface area contributed by atoms with Crippen molar-refractivity contribution in [3.05, 3.63) is 66.4 Å². The van der Waals surface area contributed by atoms with E-state index < -0.39 is 0 Å². The van der Waals surface area contributed by atoms with Gasteiger partial charge < -0.3 is 14.6 Å². The SMILES string of the molecule is O=C(CCc1ncc(-c2ccc(F)cc2)o1)Nc1ccccc1N1CCCCC1. The fraction of sp³-hybridized carbons (Fsp3) is 0.304. The molecule has 4 rings (SSSR count). The van der Waals surface area contributed by atoms with Gasteiger partial charge in [-0.1, -0.05) is 12.1 Å². The highest BCUT2D eigenvalue weighted by Gasteiger charge is 2.16. The van der Waals surface area contributed by atoms with E-state index >= 15 is 0 Å². The molecule has 1 N–H and O–H groups in total. The predicted octanol–water partition coefficient (Wildman–Crippen LogP) is 5.04. The van der Waals surface area contributed by atoms with Crippen molar-refractivity contribution in [2.75, 3.05) is 23.3 Å². The van der Waals surface area contributed by atoms with Crippen LogP contribution in [0.3, 0.4) is 0 Å². The van der Waals surface area contributed by atoms with Gasteiger partial charge in [0.15, 0.2) is 11.7 Å². The van der Waals surface area contributed by atoms with Crippen LogP contribution in [0.5, 0.6) is 0 Å². The van der Waals surface area contributed by atoms with Gasteiger partial charge in [-0.15, -0.1) is 0 Å². The van der Waals surface area contributed by atoms with Crippen LogP contribution in [-0.2, 0) is 11.2 Å². The highest BCUT2D eigenvalue weighted by Crippen LogP contribution is 2.28. The van der Waals surface area contributed by atoms with Crippen LogP contribution in [0.25, 0.3) is 11.3 Å². The van der Waals surface area contributed by atoms with Gasteiger partial charge in [-0.05, 0) is 55.7 Å². The molecular weight excluding hydrogens is 369 g/mol. The number of benzene rings is 2. The summed E-state index contributed by atoms with van der Waals surface area (Å²) in [6.45, 7) is 2.05. The third-order valence-corrected chi connectivity index (χ3v) is 5.12. The van der Waals surface area contributed by atoms with Crippen molar-refractivity contribution in [3.8, 4) is 11.3 Å². The van der Waals surface area contributed by atoms with Crippen LogP contribution in [0.2, 0.25) is 0 Å². The third-order valence-electron chi connectivity index (χ3n) is 5.12. The Balaban J connectivity index is 1.36. The van der Waals surface area contributed by atoms with Crippen molar-refractivity contribution in [3.63, 3.8) is 0 Å². The average molecular weight is 393 g/mol. The molecule has 1 aromatic heterocycles. The van der Waals surface area contributed by atoms with Gasteiger partial charge >= 0.3 is 0 Å². The van der Waals surface area contributed by atoms with Crippen LogP contribution in [0.1, 0.15) is 31.6 Å². The second-order valence-electron chi connectivity index (χ2n) is 7.24. The zero-order chi connectivity index (χ0) is 20.1. The van der Waals surface area contributed by atoms with E-state index in [4.69, 9.17) is 4.42 Å². The molecule has 2 aromatic carbocycles. The summed E-state index contributed by atoms with van der Waals surface area (Å²) < 4.78 is 18.8. The van der Waals surface area contributed by atoms with Gasteiger partial charge in [0, 0.05) is 31.5 Å². The third kappa shape index (κ3) is 4.83. The Hall–Kier alpha value is -3.15. The van der Waals surface area contributed by atoms with Gasteiger partial charge in [-0.25, -0.2) is 9.37 Å². The molecule has 1 amide bonds. The Morgan fingerprint density at radius 3 is 2.62 bits per heavy atom. The lowest BCUT2D eigenvalue weighted by atomic mass is 10.1. The molecule has 29 heavy (non-hydrogen) atoms. The highest BCUT2D eigenvalue weighted by molar-refractivity contribution is 5.94. The summed E-state index contributed by atoms with van der Waals surface area (Å²) in [5.41, 5.74) is 2.68. The van der Waals surface area contributed by atoms with Gasteiger partial charge in [0.05, 0.1) is 17.6 Å². The predicted molar refractivity (Wildman–Crippen MR) is 111 cm³/mol.